The molecule has 0 radical (unpaired) electrons. The first-order valence-electron chi connectivity index (χ1n) is 13.0. The van der Waals surface area contributed by atoms with Crippen LogP contribution in [0.25, 0.3) is 12.2 Å². The van der Waals surface area contributed by atoms with Crippen molar-refractivity contribution >= 4 is 36.0 Å². The summed E-state index contributed by atoms with van der Waals surface area (Å²) in [6, 6.07) is 44.1. The van der Waals surface area contributed by atoms with Gasteiger partial charge in [-0.25, -0.2) is 0 Å². The Bertz CT molecular complexity index is 1470. The van der Waals surface area contributed by atoms with Crippen LogP contribution in [0.5, 0.6) is 11.5 Å². The van der Waals surface area contributed by atoms with Crippen LogP contribution in [0.1, 0.15) is 22.3 Å². The normalized spacial score (nSPS) is 10.7. The van der Waals surface area contributed by atoms with E-state index < -0.39 is 7.92 Å². The third-order valence-corrected chi connectivity index (χ3v) is 8.89. The summed E-state index contributed by atoms with van der Waals surface area (Å²) >= 11 is 0. The van der Waals surface area contributed by atoms with E-state index in [9.17, 15) is 0 Å². The summed E-state index contributed by atoms with van der Waals surface area (Å²) in [6.45, 7) is 8.65. The van der Waals surface area contributed by atoms with E-state index in [1.807, 2.05) is 24.3 Å². The molecule has 0 aliphatic carbocycles. The molecule has 0 unspecified atom stereocenters. The third kappa shape index (κ3) is 6.74. The Morgan fingerprint density at radius 3 is 1.51 bits per heavy atom. The Balaban J connectivity index is 1.49. The lowest BCUT2D eigenvalue weighted by Gasteiger charge is -2.23. The third-order valence-electron chi connectivity index (χ3n) is 6.43. The molecule has 0 saturated carbocycles. The van der Waals surface area contributed by atoms with Crippen molar-refractivity contribution in [3.63, 3.8) is 0 Å². The summed E-state index contributed by atoms with van der Waals surface area (Å²) < 4.78 is 12.8. The van der Waals surface area contributed by atoms with Crippen LogP contribution in [0.4, 0.5) is 0 Å². The zero-order valence-corrected chi connectivity index (χ0v) is 22.8. The van der Waals surface area contributed by atoms with Crippen molar-refractivity contribution in [3.05, 3.63) is 163 Å². The van der Waals surface area contributed by atoms with Crippen molar-refractivity contribution in [2.24, 2.45) is 0 Å². The van der Waals surface area contributed by atoms with Crippen molar-refractivity contribution in [2.75, 3.05) is 0 Å². The molecule has 5 aromatic carbocycles. The SMILES string of the molecule is C=Cc1ccc(COc2ccc(OCc3ccc(C=C)cc3)c(P(c3ccccc3)c3ccccc3)c2)cc1. The standard InChI is InChI=1S/C36H31O2P/c1-3-28-15-19-30(20-16-28)26-37-32-23-24-35(38-27-31-21-17-29(4-2)18-22-31)36(25-32)39(33-11-7-5-8-12-33)34-13-9-6-10-14-34/h3-25H,1-2,26-27H2. The maximum absolute atomic E-state index is 6.49. The van der Waals surface area contributed by atoms with Gasteiger partial charge in [-0.05, 0) is 59.0 Å². The van der Waals surface area contributed by atoms with Gasteiger partial charge >= 0.3 is 0 Å². The maximum Gasteiger partial charge on any atom is 0.128 e. The molecule has 0 heterocycles. The Kier molecular flexibility index (Phi) is 8.68. The first-order chi connectivity index (χ1) is 19.2. The molecule has 0 N–H and O–H groups in total. The molecule has 0 bridgehead atoms. The lowest BCUT2D eigenvalue weighted by molar-refractivity contribution is 0.299. The summed E-state index contributed by atoms with van der Waals surface area (Å²) in [7, 11) is -0.872. The Morgan fingerprint density at radius 1 is 0.538 bits per heavy atom. The van der Waals surface area contributed by atoms with Crippen LogP contribution in [0, 0.1) is 0 Å². The van der Waals surface area contributed by atoms with Crippen molar-refractivity contribution in [3.8, 4) is 11.5 Å². The van der Waals surface area contributed by atoms with Gasteiger partial charge in [0.25, 0.3) is 0 Å². The molecule has 0 aliphatic rings. The van der Waals surface area contributed by atoms with Crippen molar-refractivity contribution in [1.29, 1.82) is 0 Å². The highest BCUT2D eigenvalue weighted by Crippen LogP contribution is 2.38. The van der Waals surface area contributed by atoms with Gasteiger partial charge in [0.15, 0.2) is 0 Å². The molecule has 0 aromatic heterocycles. The predicted molar refractivity (Wildman–Crippen MR) is 167 cm³/mol. The van der Waals surface area contributed by atoms with Crippen LogP contribution in [-0.4, -0.2) is 0 Å². The van der Waals surface area contributed by atoms with Crippen LogP contribution in [-0.2, 0) is 13.2 Å². The molecule has 192 valence electrons. The van der Waals surface area contributed by atoms with Crippen molar-refractivity contribution < 1.29 is 9.47 Å². The molecule has 0 fully saturated rings. The highest BCUT2D eigenvalue weighted by molar-refractivity contribution is 7.80. The lowest BCUT2D eigenvalue weighted by Crippen LogP contribution is -2.22. The monoisotopic (exact) mass is 526 g/mol. The van der Waals surface area contributed by atoms with Gasteiger partial charge in [0.1, 0.15) is 24.7 Å². The highest BCUT2D eigenvalue weighted by Gasteiger charge is 2.21. The number of hydrogen-bond donors (Lipinski definition) is 0. The summed E-state index contributed by atoms with van der Waals surface area (Å²) in [5.74, 6) is 1.68. The van der Waals surface area contributed by atoms with Crippen LogP contribution in [0.15, 0.2) is 141 Å². The molecule has 5 rings (SSSR count). The molecule has 0 amide bonds. The maximum atomic E-state index is 6.49. The molecule has 5 aromatic rings. The second-order valence-electron chi connectivity index (χ2n) is 9.10. The second-order valence-corrected chi connectivity index (χ2v) is 11.3. The molecule has 0 spiro atoms. The van der Waals surface area contributed by atoms with Gasteiger partial charge in [-0.2, -0.15) is 0 Å². The summed E-state index contributed by atoms with van der Waals surface area (Å²) in [5, 5.41) is 3.65. The first kappa shape index (κ1) is 26.2. The van der Waals surface area contributed by atoms with Gasteiger partial charge in [0, 0.05) is 5.30 Å². The van der Waals surface area contributed by atoms with Crippen LogP contribution >= 0.6 is 7.92 Å². The minimum atomic E-state index is -0.872. The van der Waals surface area contributed by atoms with E-state index in [-0.39, 0.29) is 0 Å². The zero-order chi connectivity index (χ0) is 26.9. The highest BCUT2D eigenvalue weighted by atomic mass is 31.1. The largest absolute Gasteiger partial charge is 0.489 e. The van der Waals surface area contributed by atoms with E-state index in [2.05, 4.69) is 128 Å². The van der Waals surface area contributed by atoms with Crippen molar-refractivity contribution in [1.82, 2.24) is 0 Å². The van der Waals surface area contributed by atoms with Crippen LogP contribution in [0.2, 0.25) is 0 Å². The number of rotatable bonds is 11. The minimum absolute atomic E-state index is 0.479. The number of hydrogen-bond acceptors (Lipinski definition) is 2. The average molecular weight is 527 g/mol. The average Bonchev–Trinajstić information content (AvgIpc) is 3.01. The second kappa shape index (κ2) is 12.9. The van der Waals surface area contributed by atoms with Crippen molar-refractivity contribution in [2.45, 2.75) is 13.2 Å². The fraction of sp³-hybridized carbons (Fsp3) is 0.0556. The molecule has 39 heavy (non-hydrogen) atoms. The van der Waals surface area contributed by atoms with E-state index >= 15 is 0 Å². The number of benzene rings is 5. The Hall–Kier alpha value is -4.39. The fourth-order valence-electron chi connectivity index (χ4n) is 4.29. The number of ether oxygens (including phenoxy) is 2. The van der Waals surface area contributed by atoms with Gasteiger partial charge in [-0.3, -0.25) is 0 Å². The smallest absolute Gasteiger partial charge is 0.128 e. The fourth-order valence-corrected chi connectivity index (χ4v) is 6.70. The molecule has 3 heteroatoms. The van der Waals surface area contributed by atoms with Crippen LogP contribution in [0.3, 0.4) is 0 Å². The molecule has 2 nitrogen and oxygen atoms in total. The van der Waals surface area contributed by atoms with Gasteiger partial charge in [0.05, 0.1) is 0 Å². The van der Waals surface area contributed by atoms with E-state index in [4.69, 9.17) is 9.47 Å². The molecule has 0 aliphatic heterocycles. The van der Waals surface area contributed by atoms with Gasteiger partial charge in [-0.15, -0.1) is 0 Å². The van der Waals surface area contributed by atoms with Gasteiger partial charge in [0.2, 0.25) is 0 Å². The molecule has 0 atom stereocenters. The van der Waals surface area contributed by atoms with E-state index in [0.29, 0.717) is 13.2 Å². The van der Waals surface area contributed by atoms with Gasteiger partial charge in [-0.1, -0.05) is 135 Å². The Morgan fingerprint density at radius 2 is 1.03 bits per heavy atom. The quantitative estimate of drug-likeness (QED) is 0.163. The topological polar surface area (TPSA) is 18.5 Å². The van der Waals surface area contributed by atoms with Gasteiger partial charge < -0.3 is 9.47 Å². The van der Waals surface area contributed by atoms with E-state index in [0.717, 1.165) is 39.1 Å². The predicted octanol–water partition coefficient (Wildman–Crippen LogP) is 7.89. The van der Waals surface area contributed by atoms with Crippen LogP contribution < -0.4 is 25.4 Å². The minimum Gasteiger partial charge on any atom is -0.489 e. The summed E-state index contributed by atoms with van der Waals surface area (Å²) in [6.07, 6.45) is 3.70. The Labute approximate surface area is 232 Å². The summed E-state index contributed by atoms with van der Waals surface area (Å²) in [5.41, 5.74) is 4.41. The van der Waals surface area contributed by atoms with E-state index in [1.165, 1.54) is 10.6 Å². The zero-order valence-electron chi connectivity index (χ0n) is 21.9. The summed E-state index contributed by atoms with van der Waals surface area (Å²) in [4.78, 5) is 0. The lowest BCUT2D eigenvalue weighted by atomic mass is 10.1. The first-order valence-corrected chi connectivity index (χ1v) is 14.3. The van der Waals surface area contributed by atoms with E-state index in [1.54, 1.807) is 0 Å². The molecular weight excluding hydrogens is 495 g/mol. The molecule has 0 saturated heterocycles. The molecular formula is C36H31O2P.